The maximum atomic E-state index is 15.8. The van der Waals surface area contributed by atoms with Crippen molar-refractivity contribution in [2.24, 2.45) is 23.7 Å². The van der Waals surface area contributed by atoms with Crippen LogP contribution in [0.3, 0.4) is 0 Å². The summed E-state index contributed by atoms with van der Waals surface area (Å²) in [4.78, 5) is 25.8. The Balaban J connectivity index is 1.49. The van der Waals surface area contributed by atoms with E-state index in [0.29, 0.717) is 21.6 Å². The van der Waals surface area contributed by atoms with E-state index in [0.717, 1.165) is 31.9 Å². The van der Waals surface area contributed by atoms with Crippen LogP contribution in [0.5, 0.6) is 0 Å². The standard InChI is InChI=1S/C24H21F2N5O2S/c25-13-8-15-20(30-31-22(15)27-10-13)23-28-16(19(26)21(29-23)17-2-1-7-34-17)9-14-11-3-5-12(6-4-11)18(14)24(32)33/h1-2,7-8,10-12,14,18H,3-6,9H2,(H,32,33)(H,27,30,31). The molecule has 0 amide bonds. The molecule has 7 rings (SSSR count). The zero-order valence-electron chi connectivity index (χ0n) is 18.0. The van der Waals surface area contributed by atoms with Gasteiger partial charge in [-0.05, 0) is 67.4 Å². The molecule has 0 spiro atoms. The number of rotatable bonds is 5. The molecule has 2 unspecified atom stereocenters. The maximum Gasteiger partial charge on any atom is 0.307 e. The van der Waals surface area contributed by atoms with Gasteiger partial charge < -0.3 is 5.11 Å². The Morgan fingerprint density at radius 1 is 1.18 bits per heavy atom. The summed E-state index contributed by atoms with van der Waals surface area (Å²) in [6.07, 6.45) is 5.05. The zero-order chi connectivity index (χ0) is 23.4. The normalized spacial score (nSPS) is 24.1. The van der Waals surface area contributed by atoms with E-state index in [1.54, 1.807) is 6.07 Å². The third-order valence-corrected chi connectivity index (χ3v) is 8.26. The molecule has 2 bridgehead atoms. The van der Waals surface area contributed by atoms with Gasteiger partial charge in [0.25, 0.3) is 0 Å². The number of H-pyrrole nitrogens is 1. The van der Waals surface area contributed by atoms with Gasteiger partial charge in [-0.2, -0.15) is 5.10 Å². The van der Waals surface area contributed by atoms with Crippen molar-refractivity contribution in [2.75, 3.05) is 0 Å². The second-order valence-corrected chi connectivity index (χ2v) is 10.1. The number of fused-ring (bicyclic) bond motifs is 4. The predicted octanol–water partition coefficient (Wildman–Crippen LogP) is 5.10. The van der Waals surface area contributed by atoms with Crippen LogP contribution in [-0.4, -0.2) is 36.2 Å². The number of hydrogen-bond acceptors (Lipinski definition) is 6. The lowest BCUT2D eigenvalue weighted by Gasteiger charge is -2.46. The fraction of sp³-hybridized carbons (Fsp3) is 0.375. The van der Waals surface area contributed by atoms with Gasteiger partial charge in [-0.15, -0.1) is 11.3 Å². The second-order valence-electron chi connectivity index (χ2n) is 9.16. The number of aromatic nitrogens is 5. The molecular weight excluding hydrogens is 460 g/mol. The molecule has 34 heavy (non-hydrogen) atoms. The van der Waals surface area contributed by atoms with Crippen molar-refractivity contribution in [3.05, 3.63) is 47.1 Å². The molecule has 2 N–H and O–H groups in total. The molecule has 10 heteroatoms. The number of carboxylic acid groups (broad SMARTS) is 1. The maximum absolute atomic E-state index is 15.8. The molecule has 3 fully saturated rings. The number of carboxylic acids is 1. The third-order valence-electron chi connectivity index (χ3n) is 7.38. The lowest BCUT2D eigenvalue weighted by Crippen LogP contribution is -2.45. The highest BCUT2D eigenvalue weighted by Gasteiger charge is 2.47. The average molecular weight is 482 g/mol. The highest BCUT2D eigenvalue weighted by molar-refractivity contribution is 7.13. The summed E-state index contributed by atoms with van der Waals surface area (Å²) in [7, 11) is 0. The topological polar surface area (TPSA) is 105 Å². The number of aliphatic carboxylic acids is 1. The first-order valence-corrected chi connectivity index (χ1v) is 12.2. The lowest BCUT2D eigenvalue weighted by atomic mass is 9.57. The predicted molar refractivity (Wildman–Crippen MR) is 122 cm³/mol. The number of aromatic amines is 1. The van der Waals surface area contributed by atoms with E-state index < -0.39 is 23.5 Å². The fourth-order valence-electron chi connectivity index (χ4n) is 5.84. The SMILES string of the molecule is O=C(O)C1C2CCC(CC2)C1Cc1nc(-c2[nH]nc3ncc(F)cc23)nc(-c2cccs2)c1F. The van der Waals surface area contributed by atoms with Gasteiger partial charge in [0.15, 0.2) is 17.3 Å². The van der Waals surface area contributed by atoms with Crippen molar-refractivity contribution in [3.63, 3.8) is 0 Å². The largest absolute Gasteiger partial charge is 0.481 e. The Bertz CT molecular complexity index is 1380. The van der Waals surface area contributed by atoms with Crippen molar-refractivity contribution in [3.8, 4) is 22.1 Å². The molecule has 174 valence electrons. The summed E-state index contributed by atoms with van der Waals surface area (Å²) >= 11 is 1.35. The summed E-state index contributed by atoms with van der Waals surface area (Å²) in [5, 5.41) is 19.1. The van der Waals surface area contributed by atoms with Crippen LogP contribution in [0.2, 0.25) is 0 Å². The molecular formula is C24H21F2N5O2S. The van der Waals surface area contributed by atoms with Gasteiger partial charge in [-0.25, -0.2) is 23.7 Å². The van der Waals surface area contributed by atoms with Crippen LogP contribution in [0, 0.1) is 35.3 Å². The smallest absolute Gasteiger partial charge is 0.307 e. The van der Waals surface area contributed by atoms with Gasteiger partial charge >= 0.3 is 5.97 Å². The first-order chi connectivity index (χ1) is 16.5. The van der Waals surface area contributed by atoms with Gasteiger partial charge in [0.1, 0.15) is 17.2 Å². The molecule has 4 aromatic rings. The van der Waals surface area contributed by atoms with Crippen molar-refractivity contribution in [2.45, 2.75) is 32.1 Å². The minimum Gasteiger partial charge on any atom is -0.481 e. The quantitative estimate of drug-likeness (QED) is 0.411. The number of nitrogens with zero attached hydrogens (tertiary/aromatic N) is 4. The molecule has 3 aliphatic rings. The summed E-state index contributed by atoms with van der Waals surface area (Å²) < 4.78 is 29.7. The van der Waals surface area contributed by atoms with E-state index in [1.807, 2.05) is 11.4 Å². The molecule has 2 atom stereocenters. The molecule has 3 saturated carbocycles. The van der Waals surface area contributed by atoms with Crippen LogP contribution in [0.1, 0.15) is 31.4 Å². The Labute approximate surface area is 197 Å². The number of carbonyl (C=O) groups is 1. The van der Waals surface area contributed by atoms with E-state index in [-0.39, 0.29) is 41.4 Å². The summed E-state index contributed by atoms with van der Waals surface area (Å²) in [5.41, 5.74) is 0.986. The van der Waals surface area contributed by atoms with Crippen LogP contribution in [0.15, 0.2) is 29.8 Å². The van der Waals surface area contributed by atoms with Gasteiger partial charge in [-0.1, -0.05) is 6.07 Å². The van der Waals surface area contributed by atoms with Crippen molar-refractivity contribution in [1.29, 1.82) is 0 Å². The van der Waals surface area contributed by atoms with Crippen LogP contribution < -0.4 is 0 Å². The molecule has 4 aromatic heterocycles. The van der Waals surface area contributed by atoms with Gasteiger partial charge in [-0.3, -0.25) is 9.89 Å². The minimum absolute atomic E-state index is 0.124. The highest BCUT2D eigenvalue weighted by Crippen LogP contribution is 2.50. The first-order valence-electron chi connectivity index (χ1n) is 11.3. The lowest BCUT2D eigenvalue weighted by molar-refractivity contribution is -0.152. The number of thiophene rings is 1. The zero-order valence-corrected chi connectivity index (χ0v) is 18.9. The number of hydrogen-bond donors (Lipinski definition) is 2. The molecule has 3 aliphatic carbocycles. The van der Waals surface area contributed by atoms with Crippen molar-refractivity contribution < 1.29 is 18.7 Å². The minimum atomic E-state index is -0.811. The molecule has 0 aliphatic heterocycles. The summed E-state index contributed by atoms with van der Waals surface area (Å²) in [6.45, 7) is 0. The Morgan fingerprint density at radius 3 is 2.71 bits per heavy atom. The van der Waals surface area contributed by atoms with Crippen LogP contribution in [0.4, 0.5) is 8.78 Å². The van der Waals surface area contributed by atoms with E-state index in [1.165, 1.54) is 17.4 Å². The van der Waals surface area contributed by atoms with Crippen LogP contribution in [-0.2, 0) is 11.2 Å². The fourth-order valence-corrected chi connectivity index (χ4v) is 6.55. The first kappa shape index (κ1) is 21.3. The average Bonchev–Trinajstić information content (AvgIpc) is 3.51. The van der Waals surface area contributed by atoms with E-state index in [2.05, 4.69) is 25.1 Å². The third kappa shape index (κ3) is 3.48. The van der Waals surface area contributed by atoms with Gasteiger partial charge in [0.05, 0.1) is 28.1 Å². The Morgan fingerprint density at radius 2 is 1.97 bits per heavy atom. The summed E-state index contributed by atoms with van der Waals surface area (Å²) in [5.74, 6) is -2.02. The van der Waals surface area contributed by atoms with Crippen molar-refractivity contribution in [1.82, 2.24) is 25.1 Å². The molecule has 0 radical (unpaired) electrons. The number of halogens is 2. The number of nitrogens with one attached hydrogen (secondary N) is 1. The molecule has 0 saturated heterocycles. The van der Waals surface area contributed by atoms with Gasteiger partial charge in [0.2, 0.25) is 0 Å². The molecule has 7 nitrogen and oxygen atoms in total. The molecule has 0 aromatic carbocycles. The van der Waals surface area contributed by atoms with Crippen LogP contribution >= 0.6 is 11.3 Å². The van der Waals surface area contributed by atoms with E-state index >= 15 is 4.39 Å². The number of pyridine rings is 1. The molecule has 4 heterocycles. The summed E-state index contributed by atoms with van der Waals surface area (Å²) in [6, 6.07) is 4.88. The Kier molecular flexibility index (Phi) is 5.13. The van der Waals surface area contributed by atoms with Gasteiger partial charge in [0, 0.05) is 0 Å². The highest BCUT2D eigenvalue weighted by atomic mass is 32.1. The van der Waals surface area contributed by atoms with Crippen molar-refractivity contribution >= 4 is 28.3 Å². The van der Waals surface area contributed by atoms with E-state index in [9.17, 15) is 14.3 Å². The Hall–Kier alpha value is -3.27. The second kappa shape index (κ2) is 8.19. The van der Waals surface area contributed by atoms with E-state index in [4.69, 9.17) is 0 Å². The monoisotopic (exact) mass is 481 g/mol. The van der Waals surface area contributed by atoms with Crippen LogP contribution in [0.25, 0.3) is 33.1 Å².